The maximum absolute atomic E-state index is 13.7. The van der Waals surface area contributed by atoms with Crippen molar-refractivity contribution >= 4 is 0 Å². The quantitative estimate of drug-likeness (QED) is 0.716. The van der Waals surface area contributed by atoms with Crippen molar-refractivity contribution in [3.8, 4) is 0 Å². The van der Waals surface area contributed by atoms with E-state index in [9.17, 15) is 9.50 Å². The van der Waals surface area contributed by atoms with Crippen molar-refractivity contribution in [2.24, 2.45) is 5.92 Å². The van der Waals surface area contributed by atoms with Gasteiger partial charge in [0.1, 0.15) is 5.83 Å². The highest BCUT2D eigenvalue weighted by molar-refractivity contribution is 5.44. The second-order valence-corrected chi connectivity index (χ2v) is 5.83. The number of fused-ring (bicyclic) bond motifs is 1. The molecule has 1 saturated heterocycles. The fourth-order valence-corrected chi connectivity index (χ4v) is 3.45. The minimum absolute atomic E-state index is 0.0408. The molecule has 2 aliphatic heterocycles. The number of halogens is 1. The van der Waals surface area contributed by atoms with Crippen molar-refractivity contribution in [3.05, 3.63) is 23.0 Å². The number of nitrogens with zero attached hydrogens (tertiary/aromatic N) is 1. The van der Waals surface area contributed by atoms with Gasteiger partial charge in [-0.05, 0) is 43.0 Å². The molecule has 3 rings (SSSR count). The van der Waals surface area contributed by atoms with Gasteiger partial charge < -0.3 is 14.7 Å². The zero-order valence-electron chi connectivity index (χ0n) is 10.9. The lowest BCUT2D eigenvalue weighted by molar-refractivity contribution is -0.146. The Hall–Kier alpha value is -0.710. The molecular formula is C14H20FNO2. The van der Waals surface area contributed by atoms with Crippen molar-refractivity contribution in [1.29, 1.82) is 0 Å². The average molecular weight is 253 g/mol. The lowest BCUT2D eigenvalue weighted by atomic mass is 9.78. The molecule has 0 radical (unpaired) electrons. The molecule has 1 spiro atoms. The Balaban J connectivity index is 1.99. The first-order chi connectivity index (χ1) is 8.52. The third-order valence-corrected chi connectivity index (χ3v) is 4.53. The summed E-state index contributed by atoms with van der Waals surface area (Å²) in [4.78, 5) is 2.24. The first-order valence-corrected chi connectivity index (χ1v) is 6.67. The maximum Gasteiger partial charge on any atom is 0.179 e. The number of aliphatic hydroxyl groups is 1. The zero-order valence-corrected chi connectivity index (χ0v) is 10.9. The summed E-state index contributed by atoms with van der Waals surface area (Å²) in [5, 5.41) is 10.1. The molecule has 2 unspecified atom stereocenters. The molecule has 100 valence electrons. The van der Waals surface area contributed by atoms with E-state index in [1.807, 2.05) is 6.92 Å². The molecule has 4 heteroatoms. The first kappa shape index (κ1) is 12.3. The van der Waals surface area contributed by atoms with Crippen LogP contribution in [0.3, 0.4) is 0 Å². The van der Waals surface area contributed by atoms with Gasteiger partial charge in [-0.25, -0.2) is 4.39 Å². The molecule has 0 amide bonds. The Morgan fingerprint density at radius 3 is 2.78 bits per heavy atom. The van der Waals surface area contributed by atoms with E-state index in [-0.39, 0.29) is 11.7 Å². The van der Waals surface area contributed by atoms with Crippen LogP contribution in [0.5, 0.6) is 0 Å². The molecule has 0 aromatic rings. The van der Waals surface area contributed by atoms with Crippen molar-refractivity contribution in [3.63, 3.8) is 0 Å². The van der Waals surface area contributed by atoms with Crippen molar-refractivity contribution in [1.82, 2.24) is 4.90 Å². The van der Waals surface area contributed by atoms with Gasteiger partial charge >= 0.3 is 0 Å². The van der Waals surface area contributed by atoms with Gasteiger partial charge in [0.2, 0.25) is 0 Å². The van der Waals surface area contributed by atoms with Crippen LogP contribution < -0.4 is 0 Å². The van der Waals surface area contributed by atoms with Gasteiger partial charge in [-0.3, -0.25) is 0 Å². The Bertz CT molecular complexity index is 422. The molecule has 1 N–H and O–H groups in total. The molecule has 0 bridgehead atoms. The second kappa shape index (κ2) is 4.15. The number of allylic oxidation sites excluding steroid dienone is 1. The van der Waals surface area contributed by atoms with Crippen LogP contribution in [-0.4, -0.2) is 42.0 Å². The van der Waals surface area contributed by atoms with Crippen LogP contribution in [0.1, 0.15) is 26.2 Å². The van der Waals surface area contributed by atoms with E-state index in [1.54, 1.807) is 6.08 Å². The molecule has 2 heterocycles. The SMILES string of the molecule is CC1CC(F)=CC2=C1C(O)OC21CCN(C)CC1. The van der Waals surface area contributed by atoms with Gasteiger partial charge in [0.15, 0.2) is 6.29 Å². The molecule has 1 fully saturated rings. The second-order valence-electron chi connectivity index (χ2n) is 5.83. The fourth-order valence-electron chi connectivity index (χ4n) is 3.45. The number of rotatable bonds is 0. The largest absolute Gasteiger partial charge is 0.364 e. The monoisotopic (exact) mass is 253 g/mol. The summed E-state index contributed by atoms with van der Waals surface area (Å²) in [5.41, 5.74) is 1.37. The normalized spacial score (nSPS) is 35.9. The molecule has 0 aromatic heterocycles. The Labute approximate surface area is 107 Å². The molecule has 0 aromatic carbocycles. The predicted octanol–water partition coefficient (Wildman–Crippen LogP) is 1.99. The molecule has 0 saturated carbocycles. The third kappa shape index (κ3) is 1.75. The number of likely N-dealkylation sites (tertiary alicyclic amines) is 1. The van der Waals surface area contributed by atoms with E-state index < -0.39 is 11.9 Å². The van der Waals surface area contributed by atoms with E-state index in [0.717, 1.165) is 37.1 Å². The van der Waals surface area contributed by atoms with Crippen molar-refractivity contribution < 1.29 is 14.2 Å². The van der Waals surface area contributed by atoms with Gasteiger partial charge in [-0.15, -0.1) is 0 Å². The zero-order chi connectivity index (χ0) is 12.9. The first-order valence-electron chi connectivity index (χ1n) is 6.67. The Kier molecular flexibility index (Phi) is 2.84. The summed E-state index contributed by atoms with van der Waals surface area (Å²) in [5.74, 6) is -0.0451. The molecule has 2 atom stereocenters. The summed E-state index contributed by atoms with van der Waals surface area (Å²) >= 11 is 0. The van der Waals surface area contributed by atoms with E-state index in [4.69, 9.17) is 4.74 Å². The van der Waals surface area contributed by atoms with Crippen LogP contribution in [0.15, 0.2) is 23.0 Å². The van der Waals surface area contributed by atoms with E-state index in [2.05, 4.69) is 11.9 Å². The van der Waals surface area contributed by atoms with Crippen molar-refractivity contribution in [2.75, 3.05) is 20.1 Å². The van der Waals surface area contributed by atoms with E-state index >= 15 is 0 Å². The van der Waals surface area contributed by atoms with Crippen LogP contribution in [0, 0.1) is 5.92 Å². The highest BCUT2D eigenvalue weighted by Crippen LogP contribution is 2.48. The maximum atomic E-state index is 13.7. The minimum atomic E-state index is -0.845. The number of hydrogen-bond acceptors (Lipinski definition) is 3. The van der Waals surface area contributed by atoms with Gasteiger partial charge in [0, 0.05) is 19.5 Å². The predicted molar refractivity (Wildman–Crippen MR) is 66.6 cm³/mol. The number of aliphatic hydroxyl groups excluding tert-OH is 1. The van der Waals surface area contributed by atoms with E-state index in [0.29, 0.717) is 6.42 Å². The molecule has 18 heavy (non-hydrogen) atoms. The number of hydrogen-bond donors (Lipinski definition) is 1. The average Bonchev–Trinajstić information content (AvgIpc) is 2.57. The topological polar surface area (TPSA) is 32.7 Å². The van der Waals surface area contributed by atoms with Crippen LogP contribution in [0.25, 0.3) is 0 Å². The van der Waals surface area contributed by atoms with Crippen LogP contribution >= 0.6 is 0 Å². The molecule has 3 nitrogen and oxygen atoms in total. The lowest BCUT2D eigenvalue weighted by Crippen LogP contribution is -2.44. The highest BCUT2D eigenvalue weighted by atomic mass is 19.1. The van der Waals surface area contributed by atoms with Crippen LogP contribution in [-0.2, 0) is 4.74 Å². The standard InChI is InChI=1S/C14H20FNO2/c1-9-7-10(15)8-11-12(9)13(17)18-14(11)3-5-16(2)6-4-14/h8-9,13,17H,3-7H2,1-2H3. The molecule has 3 aliphatic rings. The van der Waals surface area contributed by atoms with E-state index in [1.165, 1.54) is 0 Å². The van der Waals surface area contributed by atoms with Gasteiger partial charge in [-0.1, -0.05) is 6.92 Å². The minimum Gasteiger partial charge on any atom is -0.364 e. The Morgan fingerprint density at radius 2 is 2.11 bits per heavy atom. The summed E-state index contributed by atoms with van der Waals surface area (Å²) in [6.45, 7) is 3.81. The summed E-state index contributed by atoms with van der Waals surface area (Å²) < 4.78 is 19.5. The lowest BCUT2D eigenvalue weighted by Gasteiger charge is -2.39. The summed E-state index contributed by atoms with van der Waals surface area (Å²) in [7, 11) is 2.08. The van der Waals surface area contributed by atoms with Crippen LogP contribution in [0.4, 0.5) is 4.39 Å². The van der Waals surface area contributed by atoms with Gasteiger partial charge in [-0.2, -0.15) is 0 Å². The number of piperidine rings is 1. The number of ether oxygens (including phenoxy) is 1. The fraction of sp³-hybridized carbons (Fsp3) is 0.714. The third-order valence-electron chi connectivity index (χ3n) is 4.53. The summed E-state index contributed by atoms with van der Waals surface area (Å²) in [6, 6.07) is 0. The smallest absolute Gasteiger partial charge is 0.179 e. The Morgan fingerprint density at radius 1 is 1.44 bits per heavy atom. The van der Waals surface area contributed by atoms with Gasteiger partial charge in [0.05, 0.1) is 5.60 Å². The molecular weight excluding hydrogens is 233 g/mol. The van der Waals surface area contributed by atoms with Crippen molar-refractivity contribution in [2.45, 2.75) is 38.1 Å². The van der Waals surface area contributed by atoms with Gasteiger partial charge in [0.25, 0.3) is 0 Å². The molecule has 1 aliphatic carbocycles. The summed E-state index contributed by atoms with van der Waals surface area (Å²) in [6.07, 6.45) is 2.81. The highest BCUT2D eigenvalue weighted by Gasteiger charge is 2.49. The van der Waals surface area contributed by atoms with Crippen LogP contribution in [0.2, 0.25) is 0 Å².